The van der Waals surface area contributed by atoms with Crippen LogP contribution >= 0.6 is 0 Å². The smallest absolute Gasteiger partial charge is 0.265 e. The predicted octanol–water partition coefficient (Wildman–Crippen LogP) is 3.03. The Morgan fingerprint density at radius 3 is 2.46 bits per heavy atom. The van der Waals surface area contributed by atoms with Crippen molar-refractivity contribution in [1.82, 2.24) is 19.2 Å². The fraction of sp³-hybridized carbons (Fsp3) is 0.154. The highest BCUT2D eigenvalue weighted by molar-refractivity contribution is 6.03. The van der Waals surface area contributed by atoms with Gasteiger partial charge in [0.05, 0.1) is 5.39 Å². The quantitative estimate of drug-likeness (QED) is 0.417. The summed E-state index contributed by atoms with van der Waals surface area (Å²) in [6.45, 7) is 2.08. The molecule has 9 heteroatoms. The maximum Gasteiger partial charge on any atom is 0.265 e. The number of rotatable bonds is 4. The second-order valence-electron chi connectivity index (χ2n) is 8.11. The summed E-state index contributed by atoms with van der Waals surface area (Å²) in [5.41, 5.74) is 14.1. The number of aromatic nitrogens is 4. The Bertz CT molecular complexity index is 1570. The van der Waals surface area contributed by atoms with Crippen LogP contribution in [0.4, 0.5) is 11.5 Å². The lowest BCUT2D eigenvalue weighted by molar-refractivity contribution is 0.100. The molecule has 35 heavy (non-hydrogen) atoms. The Balaban J connectivity index is 0.000000189. The maximum atomic E-state index is 13.2. The Morgan fingerprint density at radius 1 is 1.06 bits per heavy atom. The Kier molecular flexibility index (Phi) is 6.50. The first-order valence-corrected chi connectivity index (χ1v) is 11.1. The van der Waals surface area contributed by atoms with Crippen LogP contribution in [0.2, 0.25) is 0 Å². The molecule has 3 aromatic heterocycles. The number of carbonyl (C=O) groups is 1. The highest BCUT2D eigenvalue weighted by atomic mass is 16.1. The number of primary amides is 1. The number of hydrogen-bond acceptors (Lipinski definition) is 6. The highest BCUT2D eigenvalue weighted by Gasteiger charge is 2.15. The molecule has 0 unspecified atom stereocenters. The van der Waals surface area contributed by atoms with Crippen LogP contribution in [-0.4, -0.2) is 39.2 Å². The summed E-state index contributed by atoms with van der Waals surface area (Å²) < 4.78 is 3.24. The van der Waals surface area contributed by atoms with Gasteiger partial charge in [-0.15, -0.1) is 5.10 Å². The monoisotopic (exact) mass is 469 g/mol. The van der Waals surface area contributed by atoms with Gasteiger partial charge in [0, 0.05) is 43.6 Å². The molecule has 0 bridgehead atoms. The van der Waals surface area contributed by atoms with Gasteiger partial charge in [-0.2, -0.15) is 0 Å². The molecule has 0 atom stereocenters. The Labute approximate surface area is 202 Å². The number of amides is 1. The van der Waals surface area contributed by atoms with Crippen LogP contribution in [-0.2, 0) is 6.42 Å². The number of nitrogens with two attached hydrogens (primary N) is 2. The van der Waals surface area contributed by atoms with Crippen LogP contribution in [0.5, 0.6) is 0 Å². The van der Waals surface area contributed by atoms with Crippen molar-refractivity contribution >= 4 is 33.8 Å². The van der Waals surface area contributed by atoms with E-state index < -0.39 is 5.91 Å². The average molecular weight is 470 g/mol. The molecule has 0 fully saturated rings. The third-order valence-corrected chi connectivity index (χ3v) is 5.63. The summed E-state index contributed by atoms with van der Waals surface area (Å²) in [4.78, 5) is 30.0. The van der Waals surface area contributed by atoms with Crippen molar-refractivity contribution in [3.63, 3.8) is 0 Å². The van der Waals surface area contributed by atoms with Crippen molar-refractivity contribution in [3.05, 3.63) is 94.7 Å². The zero-order valence-corrected chi connectivity index (χ0v) is 19.8. The second-order valence-corrected chi connectivity index (χ2v) is 8.11. The number of pyridine rings is 1. The van der Waals surface area contributed by atoms with Gasteiger partial charge in [0.1, 0.15) is 5.56 Å². The maximum absolute atomic E-state index is 13.2. The van der Waals surface area contributed by atoms with Gasteiger partial charge in [-0.25, -0.2) is 9.50 Å². The largest absolute Gasteiger partial charge is 0.381 e. The van der Waals surface area contributed by atoms with E-state index in [4.69, 9.17) is 11.5 Å². The third kappa shape index (κ3) is 4.43. The number of carbonyl (C=O) groups excluding carboxylic acids is 1. The lowest BCUT2D eigenvalue weighted by Crippen LogP contribution is -2.24. The van der Waals surface area contributed by atoms with E-state index >= 15 is 0 Å². The number of fused-ring (bicyclic) bond motifs is 2. The minimum Gasteiger partial charge on any atom is -0.381 e. The van der Waals surface area contributed by atoms with Crippen molar-refractivity contribution in [2.24, 2.45) is 5.73 Å². The van der Waals surface area contributed by atoms with Gasteiger partial charge < -0.3 is 16.4 Å². The molecule has 4 N–H and O–H groups in total. The zero-order chi connectivity index (χ0) is 25.1. The first-order valence-electron chi connectivity index (χ1n) is 11.1. The molecule has 0 saturated heterocycles. The van der Waals surface area contributed by atoms with Gasteiger partial charge in [-0.3, -0.25) is 14.2 Å². The van der Waals surface area contributed by atoms with E-state index in [2.05, 4.69) is 23.1 Å². The second kappa shape index (κ2) is 9.68. The van der Waals surface area contributed by atoms with E-state index in [-0.39, 0.29) is 16.9 Å². The third-order valence-electron chi connectivity index (χ3n) is 5.63. The van der Waals surface area contributed by atoms with Crippen molar-refractivity contribution in [3.8, 4) is 5.69 Å². The lowest BCUT2D eigenvalue weighted by atomic mass is 10.1. The van der Waals surface area contributed by atoms with Crippen LogP contribution in [0, 0.1) is 0 Å². The fourth-order valence-corrected chi connectivity index (χ4v) is 4.03. The number of hydrogen-bond donors (Lipinski definition) is 2. The number of nitrogens with zero attached hydrogens (tertiary/aromatic N) is 5. The van der Waals surface area contributed by atoms with E-state index in [0.29, 0.717) is 5.65 Å². The standard InChI is InChI=1S/C19H20N2O.C7H7N5O/c1-4-15-13-14-9-8-12-17(20(2)3)18(14)19(22)21(15)16-10-6-5-7-11-16;8-5-4(6(9)13)7-10-2-1-3-12(7)11-5/h5-13H,4H2,1-3H3;1-3H,(H2,8,11)(H2,9,13). The van der Waals surface area contributed by atoms with Crippen LogP contribution in [0.15, 0.2) is 77.9 Å². The molecule has 178 valence electrons. The number of benzene rings is 2. The van der Waals surface area contributed by atoms with Crippen LogP contribution in [0.3, 0.4) is 0 Å². The molecule has 9 nitrogen and oxygen atoms in total. The molecular formula is C26H27N7O2. The van der Waals surface area contributed by atoms with Crippen LogP contribution in [0.25, 0.3) is 22.1 Å². The molecule has 0 saturated carbocycles. The average Bonchev–Trinajstić information content (AvgIpc) is 3.20. The Hall–Kier alpha value is -4.66. The summed E-state index contributed by atoms with van der Waals surface area (Å²) in [5.74, 6) is -0.516. The molecule has 2 aromatic carbocycles. The van der Waals surface area contributed by atoms with Crippen LogP contribution in [0.1, 0.15) is 23.0 Å². The van der Waals surface area contributed by atoms with Crippen molar-refractivity contribution in [2.45, 2.75) is 13.3 Å². The minimum absolute atomic E-state index is 0.0462. The molecule has 3 heterocycles. The van der Waals surface area contributed by atoms with Gasteiger partial charge in [0.25, 0.3) is 11.5 Å². The molecule has 5 aromatic rings. The summed E-state index contributed by atoms with van der Waals surface area (Å²) in [6, 6.07) is 19.7. The normalized spacial score (nSPS) is 10.7. The highest BCUT2D eigenvalue weighted by Crippen LogP contribution is 2.24. The fourth-order valence-electron chi connectivity index (χ4n) is 4.03. The molecule has 0 spiro atoms. The molecule has 0 aliphatic rings. The topological polar surface area (TPSA) is 125 Å². The van der Waals surface area contributed by atoms with E-state index in [9.17, 15) is 9.59 Å². The SMILES string of the molecule is CCc1cc2cccc(N(C)C)c2c(=O)n1-c1ccccc1.NC(=O)c1c(N)nn2cccnc12. The molecular weight excluding hydrogens is 442 g/mol. The van der Waals surface area contributed by atoms with Gasteiger partial charge in [0.15, 0.2) is 11.5 Å². The Morgan fingerprint density at radius 2 is 1.80 bits per heavy atom. The lowest BCUT2D eigenvalue weighted by Gasteiger charge is -2.18. The summed E-state index contributed by atoms with van der Waals surface area (Å²) >= 11 is 0. The number of aryl methyl sites for hydroxylation is 1. The van der Waals surface area contributed by atoms with Gasteiger partial charge in [0.2, 0.25) is 0 Å². The molecule has 0 aliphatic heterocycles. The van der Waals surface area contributed by atoms with Crippen LogP contribution < -0.4 is 21.9 Å². The first kappa shape index (κ1) is 23.5. The van der Waals surface area contributed by atoms with E-state index in [1.807, 2.05) is 72.1 Å². The van der Waals surface area contributed by atoms with Crippen molar-refractivity contribution < 1.29 is 4.79 Å². The summed E-state index contributed by atoms with van der Waals surface area (Å²) in [6.07, 6.45) is 4.00. The number of anilines is 2. The molecule has 0 radical (unpaired) electrons. The summed E-state index contributed by atoms with van der Waals surface area (Å²) in [5, 5.41) is 5.64. The number of para-hydroxylation sites is 1. The minimum atomic E-state index is -0.619. The predicted molar refractivity (Wildman–Crippen MR) is 139 cm³/mol. The number of nitrogen functional groups attached to an aromatic ring is 1. The van der Waals surface area contributed by atoms with E-state index in [0.717, 1.165) is 34.3 Å². The van der Waals surface area contributed by atoms with Crippen molar-refractivity contribution in [2.75, 3.05) is 24.7 Å². The molecule has 0 aliphatic carbocycles. The van der Waals surface area contributed by atoms with Crippen molar-refractivity contribution in [1.29, 1.82) is 0 Å². The zero-order valence-electron chi connectivity index (χ0n) is 19.8. The van der Waals surface area contributed by atoms with E-state index in [1.54, 1.807) is 18.5 Å². The first-order chi connectivity index (χ1) is 16.8. The van der Waals surface area contributed by atoms with Gasteiger partial charge in [-0.05, 0) is 42.1 Å². The van der Waals surface area contributed by atoms with Gasteiger partial charge in [-0.1, -0.05) is 37.3 Å². The van der Waals surface area contributed by atoms with Gasteiger partial charge >= 0.3 is 0 Å². The molecule has 5 rings (SSSR count). The molecule has 1 amide bonds. The summed E-state index contributed by atoms with van der Waals surface area (Å²) in [7, 11) is 3.93. The van der Waals surface area contributed by atoms with E-state index in [1.165, 1.54) is 4.52 Å².